The Labute approximate surface area is 93.2 Å². The van der Waals surface area contributed by atoms with Crippen LogP contribution in [0.5, 0.6) is 0 Å². The summed E-state index contributed by atoms with van der Waals surface area (Å²) < 4.78 is 12.7. The molecule has 0 saturated heterocycles. The van der Waals surface area contributed by atoms with E-state index in [0.29, 0.717) is 17.4 Å². The molecule has 1 N–H and O–H groups in total. The quantitative estimate of drug-likeness (QED) is 0.611. The van der Waals surface area contributed by atoms with Crippen molar-refractivity contribution < 1.29 is 4.39 Å². The second-order valence-electron chi connectivity index (χ2n) is 2.96. The van der Waals surface area contributed by atoms with Gasteiger partial charge in [0.15, 0.2) is 0 Å². The highest BCUT2D eigenvalue weighted by Crippen LogP contribution is 2.16. The van der Waals surface area contributed by atoms with Crippen molar-refractivity contribution in [3.05, 3.63) is 34.6 Å². The van der Waals surface area contributed by atoms with Gasteiger partial charge in [0.1, 0.15) is 5.82 Å². The number of nitrogens with one attached hydrogen (secondary N) is 1. The molecule has 4 heteroatoms. The second-order valence-corrected chi connectivity index (χ2v) is 3.74. The fourth-order valence-corrected chi connectivity index (χ4v) is 1.45. The molecule has 1 rings (SSSR count). The summed E-state index contributed by atoms with van der Waals surface area (Å²) in [6, 6.07) is 4.41. The van der Waals surface area contributed by atoms with E-state index >= 15 is 0 Å². The first-order valence-electron chi connectivity index (χ1n) is 4.44. The predicted molar refractivity (Wildman–Crippen MR) is 58.5 cm³/mol. The van der Waals surface area contributed by atoms with Crippen LogP contribution < -0.4 is 5.32 Å². The van der Waals surface area contributed by atoms with Crippen molar-refractivity contribution >= 4 is 23.2 Å². The second kappa shape index (κ2) is 6.23. The molecular weight excluding hydrogens is 224 g/mol. The molecule has 78 valence electrons. The maximum Gasteiger partial charge on any atom is 0.124 e. The molecule has 0 aliphatic carbocycles. The molecule has 0 amide bonds. The van der Waals surface area contributed by atoms with Gasteiger partial charge in [-0.2, -0.15) is 0 Å². The minimum atomic E-state index is -0.306. The Morgan fingerprint density at radius 2 is 2.14 bits per heavy atom. The zero-order valence-corrected chi connectivity index (χ0v) is 9.21. The Morgan fingerprint density at radius 1 is 1.36 bits per heavy atom. The lowest BCUT2D eigenvalue weighted by atomic mass is 10.2. The zero-order valence-electron chi connectivity index (χ0n) is 7.69. The topological polar surface area (TPSA) is 12.0 Å². The molecule has 1 aromatic carbocycles. The van der Waals surface area contributed by atoms with Crippen molar-refractivity contribution in [3.63, 3.8) is 0 Å². The van der Waals surface area contributed by atoms with E-state index in [4.69, 9.17) is 23.2 Å². The van der Waals surface area contributed by atoms with E-state index in [1.54, 1.807) is 6.07 Å². The number of hydrogen-bond donors (Lipinski definition) is 1. The van der Waals surface area contributed by atoms with Crippen molar-refractivity contribution in [3.8, 4) is 0 Å². The van der Waals surface area contributed by atoms with Gasteiger partial charge in [0, 0.05) is 17.4 Å². The highest BCUT2D eigenvalue weighted by molar-refractivity contribution is 6.31. The summed E-state index contributed by atoms with van der Waals surface area (Å²) in [7, 11) is 0. The standard InChI is InChI=1S/C10H12Cl2FN/c11-4-1-5-14-7-8-2-3-9(13)6-10(8)12/h2-3,6,14H,1,4-5,7H2. The number of rotatable bonds is 5. The van der Waals surface area contributed by atoms with Crippen LogP contribution in [0, 0.1) is 5.82 Å². The van der Waals surface area contributed by atoms with Crippen molar-refractivity contribution in [2.45, 2.75) is 13.0 Å². The monoisotopic (exact) mass is 235 g/mol. The maximum absolute atomic E-state index is 12.7. The van der Waals surface area contributed by atoms with Crippen LogP contribution in [0.3, 0.4) is 0 Å². The summed E-state index contributed by atoms with van der Waals surface area (Å²) in [4.78, 5) is 0. The van der Waals surface area contributed by atoms with Crippen LogP contribution in [-0.2, 0) is 6.54 Å². The van der Waals surface area contributed by atoms with Crippen LogP contribution in [0.25, 0.3) is 0 Å². The molecule has 0 atom stereocenters. The average molecular weight is 236 g/mol. The lowest BCUT2D eigenvalue weighted by Crippen LogP contribution is -2.15. The van der Waals surface area contributed by atoms with E-state index < -0.39 is 0 Å². The SMILES string of the molecule is Fc1ccc(CNCCCCl)c(Cl)c1. The first-order chi connectivity index (χ1) is 6.74. The normalized spacial score (nSPS) is 10.5. The number of hydrogen-bond acceptors (Lipinski definition) is 1. The maximum atomic E-state index is 12.7. The molecule has 0 bridgehead atoms. The van der Waals surface area contributed by atoms with Gasteiger partial charge in [-0.15, -0.1) is 11.6 Å². The summed E-state index contributed by atoms with van der Waals surface area (Å²) in [5.74, 6) is 0.337. The molecule has 0 heterocycles. The van der Waals surface area contributed by atoms with Gasteiger partial charge in [-0.05, 0) is 30.7 Å². The van der Waals surface area contributed by atoms with Gasteiger partial charge >= 0.3 is 0 Å². The molecule has 0 fully saturated rings. The fourth-order valence-electron chi connectivity index (χ4n) is 1.08. The Kier molecular flexibility index (Phi) is 5.23. The van der Waals surface area contributed by atoms with Crippen LogP contribution in [0.4, 0.5) is 4.39 Å². The average Bonchev–Trinajstić information content (AvgIpc) is 2.15. The Balaban J connectivity index is 2.42. The third-order valence-corrected chi connectivity index (χ3v) is 2.44. The molecule has 0 aliphatic heterocycles. The van der Waals surface area contributed by atoms with Gasteiger partial charge in [0.2, 0.25) is 0 Å². The molecule has 0 aromatic heterocycles. The molecule has 0 radical (unpaired) electrons. The molecule has 0 unspecified atom stereocenters. The first-order valence-corrected chi connectivity index (χ1v) is 5.36. The summed E-state index contributed by atoms with van der Waals surface area (Å²) in [5.41, 5.74) is 0.905. The molecule has 1 aromatic rings. The Morgan fingerprint density at radius 3 is 2.79 bits per heavy atom. The van der Waals surface area contributed by atoms with Crippen molar-refractivity contribution in [1.29, 1.82) is 0 Å². The van der Waals surface area contributed by atoms with Crippen LogP contribution in [-0.4, -0.2) is 12.4 Å². The third-order valence-electron chi connectivity index (χ3n) is 1.82. The lowest BCUT2D eigenvalue weighted by molar-refractivity contribution is 0.624. The summed E-state index contributed by atoms with van der Waals surface area (Å²) in [6.45, 7) is 1.49. The molecule has 14 heavy (non-hydrogen) atoms. The fraction of sp³-hybridized carbons (Fsp3) is 0.400. The Hall–Kier alpha value is -0.310. The molecule has 0 spiro atoms. The smallest absolute Gasteiger partial charge is 0.124 e. The van der Waals surface area contributed by atoms with Crippen LogP contribution in [0.2, 0.25) is 5.02 Å². The largest absolute Gasteiger partial charge is 0.313 e. The van der Waals surface area contributed by atoms with Gasteiger partial charge in [0.05, 0.1) is 0 Å². The lowest BCUT2D eigenvalue weighted by Gasteiger charge is -2.05. The van der Waals surface area contributed by atoms with Crippen molar-refractivity contribution in [2.24, 2.45) is 0 Å². The van der Waals surface area contributed by atoms with Gasteiger partial charge < -0.3 is 5.32 Å². The van der Waals surface area contributed by atoms with Gasteiger partial charge in [-0.3, -0.25) is 0 Å². The van der Waals surface area contributed by atoms with E-state index in [0.717, 1.165) is 18.5 Å². The molecular formula is C10H12Cl2FN. The summed E-state index contributed by atoms with van der Waals surface area (Å²) >= 11 is 11.4. The van der Waals surface area contributed by atoms with Gasteiger partial charge in [-0.25, -0.2) is 4.39 Å². The minimum Gasteiger partial charge on any atom is -0.313 e. The van der Waals surface area contributed by atoms with Gasteiger partial charge in [-0.1, -0.05) is 17.7 Å². The number of alkyl halides is 1. The minimum absolute atomic E-state index is 0.306. The van der Waals surface area contributed by atoms with Crippen LogP contribution in [0.15, 0.2) is 18.2 Å². The van der Waals surface area contributed by atoms with E-state index in [1.807, 2.05) is 0 Å². The third kappa shape index (κ3) is 3.82. The van der Waals surface area contributed by atoms with Crippen molar-refractivity contribution in [2.75, 3.05) is 12.4 Å². The highest BCUT2D eigenvalue weighted by Gasteiger charge is 2.00. The van der Waals surface area contributed by atoms with E-state index in [1.165, 1.54) is 12.1 Å². The van der Waals surface area contributed by atoms with Gasteiger partial charge in [0.25, 0.3) is 0 Å². The molecule has 0 saturated carbocycles. The summed E-state index contributed by atoms with van der Waals surface area (Å²) in [6.07, 6.45) is 0.917. The predicted octanol–water partition coefficient (Wildman–Crippen LogP) is 3.20. The summed E-state index contributed by atoms with van der Waals surface area (Å²) in [5, 5.41) is 3.63. The first kappa shape index (κ1) is 11.8. The van der Waals surface area contributed by atoms with E-state index in [-0.39, 0.29) is 5.82 Å². The van der Waals surface area contributed by atoms with Crippen molar-refractivity contribution in [1.82, 2.24) is 5.32 Å². The van der Waals surface area contributed by atoms with E-state index in [9.17, 15) is 4.39 Å². The van der Waals surface area contributed by atoms with Crippen LogP contribution >= 0.6 is 23.2 Å². The van der Waals surface area contributed by atoms with Crippen LogP contribution in [0.1, 0.15) is 12.0 Å². The van der Waals surface area contributed by atoms with E-state index in [2.05, 4.69) is 5.32 Å². The molecule has 0 aliphatic rings. The molecule has 1 nitrogen and oxygen atoms in total. The number of halogens is 3. The zero-order chi connectivity index (χ0) is 10.4. The Bertz CT molecular complexity index is 291. The number of benzene rings is 1. The highest BCUT2D eigenvalue weighted by atomic mass is 35.5.